The number of aliphatic hydroxyl groups is 1. The van der Waals surface area contributed by atoms with Crippen LogP contribution in [-0.4, -0.2) is 30.6 Å². The molecule has 0 saturated carbocycles. The molecule has 0 aromatic carbocycles. The predicted octanol–water partition coefficient (Wildman–Crippen LogP) is -0.844. The van der Waals surface area contributed by atoms with Crippen molar-refractivity contribution < 1.29 is 9.90 Å². The molecule has 0 unspecified atom stereocenters. The molecule has 8 heavy (non-hydrogen) atoms. The van der Waals surface area contributed by atoms with E-state index in [1.165, 1.54) is 0 Å². The van der Waals surface area contributed by atoms with Gasteiger partial charge in [-0.25, -0.2) is 0 Å². The van der Waals surface area contributed by atoms with Crippen LogP contribution in [0.2, 0.25) is 0 Å². The number of ketones is 1. The molecule has 1 atom stereocenters. The number of hydrogen-bond acceptors (Lipinski definition) is 3. The van der Waals surface area contributed by atoms with Gasteiger partial charge in [0.05, 0.1) is 6.04 Å². The van der Waals surface area contributed by atoms with Crippen molar-refractivity contribution in [3.05, 3.63) is 0 Å². The van der Waals surface area contributed by atoms with Gasteiger partial charge in [-0.3, -0.25) is 4.79 Å². The first-order valence-electron chi connectivity index (χ1n) is 2.53. The lowest BCUT2D eigenvalue weighted by Crippen LogP contribution is -2.32. The molecule has 0 fully saturated rings. The Labute approximate surface area is 48.7 Å². The Morgan fingerprint density at radius 2 is 2.38 bits per heavy atom. The molecule has 2 N–H and O–H groups in total. The fourth-order valence-corrected chi connectivity index (χ4v) is 0.298. The van der Waals surface area contributed by atoms with Crippen molar-refractivity contribution in [1.82, 2.24) is 5.32 Å². The molecule has 0 aliphatic heterocycles. The summed E-state index contributed by atoms with van der Waals surface area (Å²) in [5.74, 6) is -0.174. The quantitative estimate of drug-likeness (QED) is 0.506. The monoisotopic (exact) mass is 117 g/mol. The van der Waals surface area contributed by atoms with E-state index in [-0.39, 0.29) is 18.4 Å². The molecule has 0 spiro atoms. The third-order valence-corrected chi connectivity index (χ3v) is 1.07. The lowest BCUT2D eigenvalue weighted by molar-refractivity contribution is -0.123. The van der Waals surface area contributed by atoms with Crippen LogP contribution in [0.4, 0.5) is 0 Å². The van der Waals surface area contributed by atoms with E-state index in [0.29, 0.717) is 0 Å². The number of carbonyl (C=O) groups excluding carboxylic acids is 1. The predicted molar refractivity (Wildman–Crippen MR) is 30.6 cm³/mol. The number of nitrogens with one attached hydrogen (secondary N) is 1. The number of carbonyl (C=O) groups is 1. The Kier molecular flexibility index (Phi) is 3.39. The third-order valence-electron chi connectivity index (χ3n) is 1.07. The normalized spacial score (nSPS) is 13.4. The van der Waals surface area contributed by atoms with Crippen LogP contribution in [0, 0.1) is 0 Å². The average molecular weight is 117 g/mol. The summed E-state index contributed by atoms with van der Waals surface area (Å²) < 4.78 is 0. The molecular weight excluding hydrogens is 106 g/mol. The highest BCUT2D eigenvalue weighted by molar-refractivity contribution is 5.84. The third kappa shape index (κ3) is 2.04. The van der Waals surface area contributed by atoms with Crippen molar-refractivity contribution in [2.24, 2.45) is 0 Å². The first-order valence-corrected chi connectivity index (χ1v) is 2.53. The first-order chi connectivity index (χ1) is 3.72. The van der Waals surface area contributed by atoms with Crippen molar-refractivity contribution >= 4 is 5.78 Å². The molecule has 48 valence electrons. The number of rotatable bonds is 3. The highest BCUT2D eigenvalue weighted by Gasteiger charge is 2.06. The van der Waals surface area contributed by atoms with Crippen molar-refractivity contribution in [1.29, 1.82) is 0 Å². The molecule has 0 radical (unpaired) electrons. The Morgan fingerprint density at radius 1 is 1.88 bits per heavy atom. The SMILES string of the molecule is CN[C@@H](C)C(=O)CO. The summed E-state index contributed by atoms with van der Waals surface area (Å²) >= 11 is 0. The number of aliphatic hydroxyl groups excluding tert-OH is 1. The van der Waals surface area contributed by atoms with Crippen LogP contribution >= 0.6 is 0 Å². The van der Waals surface area contributed by atoms with Gasteiger partial charge in [-0.1, -0.05) is 0 Å². The lowest BCUT2D eigenvalue weighted by Gasteiger charge is -2.04. The molecule has 0 amide bonds. The summed E-state index contributed by atoms with van der Waals surface area (Å²) in [6, 6.07) is -0.222. The standard InChI is InChI=1S/C5H11NO2/c1-4(6-2)5(8)3-7/h4,6-7H,3H2,1-2H3/t4-/m0/s1. The molecule has 0 bridgehead atoms. The van der Waals surface area contributed by atoms with Crippen LogP contribution in [0.5, 0.6) is 0 Å². The Balaban J connectivity index is 3.46. The molecule has 0 aliphatic rings. The molecule has 3 nitrogen and oxygen atoms in total. The maximum atomic E-state index is 10.4. The van der Waals surface area contributed by atoms with Gasteiger partial charge in [-0.05, 0) is 14.0 Å². The zero-order chi connectivity index (χ0) is 6.57. The van der Waals surface area contributed by atoms with E-state index >= 15 is 0 Å². The Hall–Kier alpha value is -0.410. The minimum atomic E-state index is -0.373. The van der Waals surface area contributed by atoms with Crippen molar-refractivity contribution in [2.45, 2.75) is 13.0 Å². The average Bonchev–Trinajstić information content (AvgIpc) is 1.84. The minimum Gasteiger partial charge on any atom is -0.389 e. The maximum absolute atomic E-state index is 10.4. The van der Waals surface area contributed by atoms with Gasteiger partial charge in [0, 0.05) is 0 Å². The van der Waals surface area contributed by atoms with Crippen LogP contribution in [0.15, 0.2) is 0 Å². The summed E-state index contributed by atoms with van der Waals surface area (Å²) in [4.78, 5) is 10.4. The zero-order valence-electron chi connectivity index (χ0n) is 5.14. The summed E-state index contributed by atoms with van der Waals surface area (Å²) in [7, 11) is 1.68. The topological polar surface area (TPSA) is 49.3 Å². The van der Waals surface area contributed by atoms with E-state index in [1.807, 2.05) is 0 Å². The van der Waals surface area contributed by atoms with Crippen molar-refractivity contribution in [2.75, 3.05) is 13.7 Å². The molecule has 0 aromatic rings. The Morgan fingerprint density at radius 3 is 2.50 bits per heavy atom. The highest BCUT2D eigenvalue weighted by atomic mass is 16.3. The smallest absolute Gasteiger partial charge is 0.174 e. The Bertz CT molecular complexity index is 82.5. The first kappa shape index (κ1) is 7.59. The second kappa shape index (κ2) is 3.57. The van der Waals surface area contributed by atoms with Crippen LogP contribution in [-0.2, 0) is 4.79 Å². The van der Waals surface area contributed by atoms with Crippen LogP contribution in [0.1, 0.15) is 6.92 Å². The molecule has 0 aromatic heterocycles. The van der Waals surface area contributed by atoms with Crippen molar-refractivity contribution in [3.63, 3.8) is 0 Å². The van der Waals surface area contributed by atoms with Crippen LogP contribution in [0.3, 0.4) is 0 Å². The van der Waals surface area contributed by atoms with Gasteiger partial charge in [-0.2, -0.15) is 0 Å². The van der Waals surface area contributed by atoms with E-state index in [0.717, 1.165) is 0 Å². The number of hydrogen-bond donors (Lipinski definition) is 2. The van der Waals surface area contributed by atoms with E-state index in [4.69, 9.17) is 5.11 Å². The lowest BCUT2D eigenvalue weighted by atomic mass is 10.2. The van der Waals surface area contributed by atoms with E-state index in [1.54, 1.807) is 14.0 Å². The van der Waals surface area contributed by atoms with Crippen LogP contribution < -0.4 is 5.32 Å². The largest absolute Gasteiger partial charge is 0.389 e. The fraction of sp³-hybridized carbons (Fsp3) is 0.800. The number of Topliss-reactive ketones (excluding diaryl/α,β-unsaturated/α-hetero) is 1. The van der Waals surface area contributed by atoms with Gasteiger partial charge in [0.2, 0.25) is 0 Å². The molecule has 0 rings (SSSR count). The molecule has 3 heteroatoms. The van der Waals surface area contributed by atoms with Crippen LogP contribution in [0.25, 0.3) is 0 Å². The molecular formula is C5H11NO2. The van der Waals surface area contributed by atoms with Gasteiger partial charge in [-0.15, -0.1) is 0 Å². The van der Waals surface area contributed by atoms with Crippen molar-refractivity contribution in [3.8, 4) is 0 Å². The summed E-state index contributed by atoms with van der Waals surface area (Å²) in [6.45, 7) is 1.33. The second-order valence-electron chi connectivity index (χ2n) is 1.63. The minimum absolute atomic E-state index is 0.174. The van der Waals surface area contributed by atoms with Gasteiger partial charge >= 0.3 is 0 Å². The molecule has 0 heterocycles. The highest BCUT2D eigenvalue weighted by Crippen LogP contribution is 1.79. The zero-order valence-corrected chi connectivity index (χ0v) is 5.14. The van der Waals surface area contributed by atoms with Gasteiger partial charge < -0.3 is 10.4 Å². The maximum Gasteiger partial charge on any atom is 0.174 e. The van der Waals surface area contributed by atoms with Gasteiger partial charge in [0.25, 0.3) is 0 Å². The molecule has 0 aliphatic carbocycles. The summed E-state index contributed by atoms with van der Waals surface area (Å²) in [5, 5.41) is 11.0. The van der Waals surface area contributed by atoms with Gasteiger partial charge in [0.1, 0.15) is 6.61 Å². The van der Waals surface area contributed by atoms with Gasteiger partial charge in [0.15, 0.2) is 5.78 Å². The fourth-order valence-electron chi connectivity index (χ4n) is 0.298. The van der Waals surface area contributed by atoms with E-state index < -0.39 is 0 Å². The molecule has 0 saturated heterocycles. The second-order valence-corrected chi connectivity index (χ2v) is 1.63. The van der Waals surface area contributed by atoms with E-state index in [2.05, 4.69) is 5.32 Å². The summed E-state index contributed by atoms with van der Waals surface area (Å²) in [5.41, 5.74) is 0. The summed E-state index contributed by atoms with van der Waals surface area (Å²) in [6.07, 6.45) is 0. The van der Waals surface area contributed by atoms with E-state index in [9.17, 15) is 4.79 Å². The number of likely N-dealkylation sites (N-methyl/N-ethyl adjacent to an activating group) is 1.